The van der Waals surface area contributed by atoms with Crippen LogP contribution in [-0.4, -0.2) is 21.5 Å². The topological polar surface area (TPSA) is 42.4 Å². The van der Waals surface area contributed by atoms with Crippen molar-refractivity contribution in [3.05, 3.63) is 63.4 Å². The van der Waals surface area contributed by atoms with Crippen molar-refractivity contribution in [3.63, 3.8) is 0 Å². The third-order valence-electron chi connectivity index (χ3n) is 5.66. The van der Waals surface area contributed by atoms with Crippen LogP contribution in [0.4, 0.5) is 44.3 Å². The number of pyridine rings is 1. The lowest BCUT2D eigenvalue weighted by Crippen LogP contribution is -2.36. The first-order chi connectivity index (χ1) is 15.5. The zero-order valence-electron chi connectivity index (χ0n) is 16.6. The predicted octanol–water partition coefficient (Wildman–Crippen LogP) is 7.02. The van der Waals surface area contributed by atoms with Crippen molar-refractivity contribution in [1.29, 1.82) is 0 Å². The molecule has 1 atom stereocenters. The maximum absolute atomic E-state index is 13.3. The Labute approximate surface area is 190 Å². The standard InChI is InChI=1S/C20H12ClF9N2O2/c21-12-1-2-14(20(28,29)30)31-13(12)8-32-16(33)34-15(17(32)3-4-17)9-5-10(18(22,23)24)7-11(6-9)19(25,26)27/h1-2,5-7,15H,3-4,8H2/t15-/m1/s1. The second kappa shape index (κ2) is 7.65. The lowest BCUT2D eigenvalue weighted by atomic mass is 9.95. The van der Waals surface area contributed by atoms with Crippen LogP contribution in [0.1, 0.15) is 47.0 Å². The van der Waals surface area contributed by atoms with Gasteiger partial charge in [0, 0.05) is 0 Å². The molecule has 2 aliphatic rings. The number of cyclic esters (lactones) is 1. The summed E-state index contributed by atoms with van der Waals surface area (Å²) in [6.07, 6.45) is -17.4. The number of carbonyl (C=O) groups excluding carboxylic acids is 1. The molecule has 34 heavy (non-hydrogen) atoms. The van der Waals surface area contributed by atoms with Crippen molar-refractivity contribution in [2.24, 2.45) is 0 Å². The fourth-order valence-electron chi connectivity index (χ4n) is 3.89. The van der Waals surface area contributed by atoms with Gasteiger partial charge in [-0.05, 0) is 48.7 Å². The van der Waals surface area contributed by atoms with E-state index in [0.717, 1.165) is 11.0 Å². The van der Waals surface area contributed by atoms with E-state index < -0.39 is 65.2 Å². The lowest BCUT2D eigenvalue weighted by Gasteiger charge is -2.25. The lowest BCUT2D eigenvalue weighted by molar-refractivity contribution is -0.143. The van der Waals surface area contributed by atoms with E-state index in [1.54, 1.807) is 0 Å². The largest absolute Gasteiger partial charge is 0.439 e. The van der Waals surface area contributed by atoms with Crippen molar-refractivity contribution in [2.45, 2.75) is 49.6 Å². The molecule has 1 aliphatic carbocycles. The fourth-order valence-corrected chi connectivity index (χ4v) is 4.06. The molecule has 1 saturated carbocycles. The minimum atomic E-state index is -5.11. The molecule has 1 saturated heterocycles. The SMILES string of the molecule is O=C1O[C@H](c2cc(C(F)(F)F)cc(C(F)(F)F)c2)C2(CC2)N1Cc1nc(C(F)(F)F)ccc1Cl. The number of halogens is 10. The molecule has 4 nitrogen and oxygen atoms in total. The number of amides is 1. The first kappa shape index (κ1) is 24.4. The molecule has 1 spiro atoms. The molecule has 0 radical (unpaired) electrons. The highest BCUT2D eigenvalue weighted by Gasteiger charge is 2.63. The van der Waals surface area contributed by atoms with E-state index in [1.165, 1.54) is 0 Å². The molecule has 2 heterocycles. The van der Waals surface area contributed by atoms with Gasteiger partial charge in [-0.3, -0.25) is 4.90 Å². The second-order valence-corrected chi connectivity index (χ2v) is 8.32. The van der Waals surface area contributed by atoms with Crippen LogP contribution in [0.5, 0.6) is 0 Å². The summed E-state index contributed by atoms with van der Waals surface area (Å²) in [5.74, 6) is 0. The van der Waals surface area contributed by atoms with Crippen LogP contribution in [0.25, 0.3) is 0 Å². The molecule has 2 aromatic rings. The first-order valence-electron chi connectivity index (χ1n) is 9.53. The maximum atomic E-state index is 13.3. The second-order valence-electron chi connectivity index (χ2n) is 7.92. The molecule has 4 rings (SSSR count). The highest BCUT2D eigenvalue weighted by Crippen LogP contribution is 2.58. The third kappa shape index (κ3) is 4.37. The van der Waals surface area contributed by atoms with Crippen LogP contribution in [0.3, 0.4) is 0 Å². The predicted molar refractivity (Wildman–Crippen MR) is 97.4 cm³/mol. The molecule has 0 bridgehead atoms. The molecule has 14 heteroatoms. The van der Waals surface area contributed by atoms with Gasteiger partial charge in [0.1, 0.15) is 5.69 Å². The van der Waals surface area contributed by atoms with E-state index in [-0.39, 0.29) is 29.6 Å². The van der Waals surface area contributed by atoms with Gasteiger partial charge in [0.15, 0.2) is 6.10 Å². The average molecular weight is 519 g/mol. The third-order valence-corrected chi connectivity index (χ3v) is 6.00. The Hall–Kier alpha value is -2.70. The minimum Gasteiger partial charge on any atom is -0.439 e. The van der Waals surface area contributed by atoms with Gasteiger partial charge >= 0.3 is 24.6 Å². The normalized spacial score (nSPS) is 20.1. The van der Waals surface area contributed by atoms with E-state index in [1.807, 2.05) is 0 Å². The smallest absolute Gasteiger partial charge is 0.433 e. The van der Waals surface area contributed by atoms with Crippen LogP contribution in [0.2, 0.25) is 5.02 Å². The van der Waals surface area contributed by atoms with Crippen LogP contribution in [0.15, 0.2) is 30.3 Å². The summed E-state index contributed by atoms with van der Waals surface area (Å²) < 4.78 is 124. The molecule has 1 aromatic heterocycles. The summed E-state index contributed by atoms with van der Waals surface area (Å²) in [5.41, 5.74) is -6.66. The van der Waals surface area contributed by atoms with Gasteiger partial charge in [-0.1, -0.05) is 11.6 Å². The molecule has 1 aromatic carbocycles. The highest BCUT2D eigenvalue weighted by molar-refractivity contribution is 6.31. The molecule has 0 unspecified atom stereocenters. The van der Waals surface area contributed by atoms with Gasteiger partial charge in [-0.15, -0.1) is 0 Å². The van der Waals surface area contributed by atoms with Crippen LogP contribution >= 0.6 is 11.6 Å². The Morgan fingerprint density at radius 2 is 1.50 bits per heavy atom. The van der Waals surface area contributed by atoms with Crippen molar-refractivity contribution in [2.75, 3.05) is 0 Å². The quantitative estimate of drug-likeness (QED) is 0.410. The number of ether oxygens (including phenoxy) is 1. The number of rotatable bonds is 3. The van der Waals surface area contributed by atoms with Gasteiger partial charge in [0.25, 0.3) is 0 Å². The van der Waals surface area contributed by atoms with Crippen LogP contribution in [-0.2, 0) is 29.8 Å². The van der Waals surface area contributed by atoms with Gasteiger partial charge in [0.05, 0.1) is 33.9 Å². The number of hydrogen-bond donors (Lipinski definition) is 0. The number of aromatic nitrogens is 1. The van der Waals surface area contributed by atoms with E-state index in [2.05, 4.69) is 4.98 Å². The Kier molecular flexibility index (Phi) is 5.50. The fraction of sp³-hybridized carbons (Fsp3) is 0.400. The summed E-state index contributed by atoms with van der Waals surface area (Å²) in [5, 5.41) is -0.210. The van der Waals surface area contributed by atoms with Crippen molar-refractivity contribution in [1.82, 2.24) is 9.88 Å². The number of benzene rings is 1. The number of carbonyl (C=O) groups is 1. The minimum absolute atomic E-state index is 0.0516. The molecule has 0 N–H and O–H groups in total. The molecule has 1 amide bonds. The Morgan fingerprint density at radius 3 is 1.97 bits per heavy atom. The first-order valence-corrected chi connectivity index (χ1v) is 9.90. The number of nitrogens with zero attached hydrogens (tertiary/aromatic N) is 2. The van der Waals surface area contributed by atoms with E-state index in [0.29, 0.717) is 18.2 Å². The Bertz CT molecular complexity index is 1110. The molecular weight excluding hydrogens is 507 g/mol. The molecule has 184 valence electrons. The summed E-state index contributed by atoms with van der Waals surface area (Å²) in [6.45, 7) is -0.580. The molecular formula is C20H12ClF9N2O2. The van der Waals surface area contributed by atoms with Crippen LogP contribution in [0, 0.1) is 0 Å². The van der Waals surface area contributed by atoms with Gasteiger partial charge < -0.3 is 4.74 Å². The van der Waals surface area contributed by atoms with Crippen molar-refractivity contribution >= 4 is 17.7 Å². The Balaban J connectivity index is 1.72. The average Bonchev–Trinajstić information content (AvgIpc) is 3.44. The van der Waals surface area contributed by atoms with Gasteiger partial charge in [0.2, 0.25) is 0 Å². The van der Waals surface area contributed by atoms with Gasteiger partial charge in [-0.2, -0.15) is 39.5 Å². The molecule has 2 fully saturated rings. The highest BCUT2D eigenvalue weighted by atomic mass is 35.5. The number of alkyl halides is 9. The maximum Gasteiger partial charge on any atom is 0.433 e. The summed E-state index contributed by atoms with van der Waals surface area (Å²) in [4.78, 5) is 16.9. The van der Waals surface area contributed by atoms with Gasteiger partial charge in [-0.25, -0.2) is 9.78 Å². The molecule has 1 aliphatic heterocycles. The Morgan fingerprint density at radius 1 is 0.941 bits per heavy atom. The number of hydrogen-bond acceptors (Lipinski definition) is 3. The summed E-state index contributed by atoms with van der Waals surface area (Å²) >= 11 is 5.92. The van der Waals surface area contributed by atoms with Crippen LogP contribution < -0.4 is 0 Å². The summed E-state index contributed by atoms with van der Waals surface area (Å²) in [6, 6.07) is 2.43. The van der Waals surface area contributed by atoms with E-state index in [4.69, 9.17) is 16.3 Å². The zero-order chi connectivity index (χ0) is 25.3. The van der Waals surface area contributed by atoms with E-state index in [9.17, 15) is 44.3 Å². The summed E-state index contributed by atoms with van der Waals surface area (Å²) in [7, 11) is 0. The van der Waals surface area contributed by atoms with E-state index >= 15 is 0 Å². The monoisotopic (exact) mass is 518 g/mol. The van der Waals surface area contributed by atoms with Crippen molar-refractivity contribution in [3.8, 4) is 0 Å². The zero-order valence-corrected chi connectivity index (χ0v) is 17.3. The van der Waals surface area contributed by atoms with Crippen molar-refractivity contribution < 1.29 is 49.0 Å².